The van der Waals surface area contributed by atoms with E-state index in [9.17, 15) is 18.7 Å². The Morgan fingerprint density at radius 3 is 2.30 bits per heavy atom. The summed E-state index contributed by atoms with van der Waals surface area (Å²) in [6.07, 6.45) is 0. The van der Waals surface area contributed by atoms with Crippen molar-refractivity contribution in [2.75, 3.05) is 20.3 Å². The zero-order valence-electron chi connectivity index (χ0n) is 12.6. The number of methoxy groups -OCH3 is 1. The Morgan fingerprint density at radius 2 is 1.74 bits per heavy atom. The van der Waals surface area contributed by atoms with E-state index in [1.54, 1.807) is 30.3 Å². The molecule has 0 aliphatic rings. The zero-order chi connectivity index (χ0) is 16.9. The number of aliphatic hydroxyl groups is 1. The average molecular weight is 321 g/mol. The number of amides is 1. The van der Waals surface area contributed by atoms with Crippen molar-refractivity contribution in [3.63, 3.8) is 0 Å². The van der Waals surface area contributed by atoms with Crippen LogP contribution in [0.25, 0.3) is 0 Å². The number of hydrogen-bond donors (Lipinski definition) is 2. The van der Waals surface area contributed by atoms with Crippen molar-refractivity contribution < 1.29 is 23.4 Å². The maximum Gasteiger partial charge on any atom is 0.257 e. The summed E-state index contributed by atoms with van der Waals surface area (Å²) in [6.45, 7) is -0.339. The lowest BCUT2D eigenvalue weighted by atomic mass is 9.94. The molecule has 23 heavy (non-hydrogen) atoms. The lowest BCUT2D eigenvalue weighted by Crippen LogP contribution is -2.44. The van der Waals surface area contributed by atoms with Crippen LogP contribution in [-0.2, 0) is 10.3 Å². The Kier molecular flexibility index (Phi) is 5.41. The Bertz CT molecular complexity index is 659. The fourth-order valence-electron chi connectivity index (χ4n) is 2.25. The summed E-state index contributed by atoms with van der Waals surface area (Å²) in [5.74, 6) is -2.86. The van der Waals surface area contributed by atoms with Crippen molar-refractivity contribution in [1.29, 1.82) is 0 Å². The van der Waals surface area contributed by atoms with Gasteiger partial charge in [0.2, 0.25) is 0 Å². The quantitative estimate of drug-likeness (QED) is 0.858. The second-order valence-electron chi connectivity index (χ2n) is 5.11. The van der Waals surface area contributed by atoms with Gasteiger partial charge in [0.15, 0.2) is 0 Å². The minimum absolute atomic E-state index is 0.0863. The molecule has 0 aliphatic carbocycles. The van der Waals surface area contributed by atoms with Crippen molar-refractivity contribution in [1.82, 2.24) is 5.32 Å². The highest BCUT2D eigenvalue weighted by molar-refractivity contribution is 5.94. The van der Waals surface area contributed by atoms with Crippen molar-refractivity contribution in [2.45, 2.75) is 5.60 Å². The molecule has 1 amide bonds. The molecule has 2 N–H and O–H groups in total. The molecule has 0 saturated carbocycles. The number of ether oxygens (including phenoxy) is 1. The summed E-state index contributed by atoms with van der Waals surface area (Å²) < 4.78 is 32.2. The van der Waals surface area contributed by atoms with E-state index in [4.69, 9.17) is 4.74 Å². The van der Waals surface area contributed by atoms with Crippen LogP contribution in [0.5, 0.6) is 0 Å². The van der Waals surface area contributed by atoms with Crippen molar-refractivity contribution >= 4 is 5.91 Å². The van der Waals surface area contributed by atoms with E-state index < -0.39 is 28.7 Å². The van der Waals surface area contributed by atoms with E-state index in [-0.39, 0.29) is 13.2 Å². The van der Waals surface area contributed by atoms with Gasteiger partial charge in [0, 0.05) is 7.11 Å². The van der Waals surface area contributed by atoms with Crippen LogP contribution in [-0.4, -0.2) is 31.3 Å². The number of hydrogen-bond acceptors (Lipinski definition) is 3. The predicted octanol–water partition coefficient (Wildman–Crippen LogP) is 2.23. The van der Waals surface area contributed by atoms with Crippen LogP contribution in [0, 0.1) is 11.6 Å². The molecule has 0 radical (unpaired) electrons. The molecule has 0 heterocycles. The van der Waals surface area contributed by atoms with E-state index in [0.717, 1.165) is 12.1 Å². The first kappa shape index (κ1) is 17.1. The first-order valence-corrected chi connectivity index (χ1v) is 6.97. The molecule has 0 spiro atoms. The molecule has 2 rings (SSSR count). The monoisotopic (exact) mass is 321 g/mol. The van der Waals surface area contributed by atoms with E-state index in [1.165, 1.54) is 13.2 Å². The summed E-state index contributed by atoms with van der Waals surface area (Å²) in [6, 6.07) is 11.8. The average Bonchev–Trinajstić information content (AvgIpc) is 2.54. The van der Waals surface area contributed by atoms with Crippen LogP contribution in [0.2, 0.25) is 0 Å². The largest absolute Gasteiger partial charge is 0.381 e. The second-order valence-corrected chi connectivity index (χ2v) is 5.11. The highest BCUT2D eigenvalue weighted by atomic mass is 19.1. The summed E-state index contributed by atoms with van der Waals surface area (Å²) in [5.41, 5.74) is -1.66. The Morgan fingerprint density at radius 1 is 1.13 bits per heavy atom. The molecule has 2 aromatic rings. The Balaban J connectivity index is 2.18. The van der Waals surface area contributed by atoms with E-state index in [2.05, 4.69) is 5.32 Å². The van der Waals surface area contributed by atoms with E-state index in [1.807, 2.05) is 0 Å². The normalized spacial score (nSPS) is 13.4. The smallest absolute Gasteiger partial charge is 0.257 e. The molecule has 6 heteroatoms. The summed E-state index contributed by atoms with van der Waals surface area (Å²) in [7, 11) is 1.41. The topological polar surface area (TPSA) is 58.6 Å². The highest BCUT2D eigenvalue weighted by Crippen LogP contribution is 2.21. The SMILES string of the molecule is COCC(O)(CNC(=O)c1c(F)cccc1F)c1ccccc1. The minimum Gasteiger partial charge on any atom is -0.381 e. The molecule has 0 fully saturated rings. The molecule has 0 aromatic heterocycles. The molecule has 0 bridgehead atoms. The third kappa shape index (κ3) is 3.91. The number of benzene rings is 2. The zero-order valence-corrected chi connectivity index (χ0v) is 12.6. The van der Waals surface area contributed by atoms with Gasteiger partial charge in [0.25, 0.3) is 5.91 Å². The van der Waals surface area contributed by atoms with Crippen LogP contribution in [0.3, 0.4) is 0 Å². The molecule has 4 nitrogen and oxygen atoms in total. The molecule has 122 valence electrons. The number of carbonyl (C=O) groups is 1. The van der Waals surface area contributed by atoms with Gasteiger partial charge in [-0.1, -0.05) is 36.4 Å². The van der Waals surface area contributed by atoms with Gasteiger partial charge < -0.3 is 15.2 Å². The highest BCUT2D eigenvalue weighted by Gasteiger charge is 2.30. The summed E-state index contributed by atoms with van der Waals surface area (Å²) in [4.78, 5) is 12.0. The van der Waals surface area contributed by atoms with Crippen molar-refractivity contribution in [3.05, 3.63) is 71.3 Å². The molecule has 0 saturated heterocycles. The Hall–Kier alpha value is -2.31. The first-order chi connectivity index (χ1) is 11.0. The van der Waals surface area contributed by atoms with Gasteiger partial charge in [0.05, 0.1) is 13.2 Å². The van der Waals surface area contributed by atoms with E-state index in [0.29, 0.717) is 5.56 Å². The van der Waals surface area contributed by atoms with Gasteiger partial charge in [-0.2, -0.15) is 0 Å². The maximum absolute atomic E-state index is 13.6. The molecular formula is C17H17F2NO3. The number of nitrogens with one attached hydrogen (secondary N) is 1. The summed E-state index contributed by atoms with van der Waals surface area (Å²) >= 11 is 0. The molecular weight excluding hydrogens is 304 g/mol. The second kappa shape index (κ2) is 7.30. The number of halogens is 2. The first-order valence-electron chi connectivity index (χ1n) is 6.97. The van der Waals surface area contributed by atoms with Crippen LogP contribution < -0.4 is 5.32 Å². The van der Waals surface area contributed by atoms with Gasteiger partial charge in [-0.15, -0.1) is 0 Å². The maximum atomic E-state index is 13.6. The number of rotatable bonds is 6. The van der Waals surface area contributed by atoms with Gasteiger partial charge in [-0.3, -0.25) is 4.79 Å². The van der Waals surface area contributed by atoms with Gasteiger partial charge in [-0.05, 0) is 17.7 Å². The molecule has 1 unspecified atom stereocenters. The fraction of sp³-hybridized carbons (Fsp3) is 0.235. The van der Waals surface area contributed by atoms with Gasteiger partial charge in [-0.25, -0.2) is 8.78 Å². The van der Waals surface area contributed by atoms with Crippen LogP contribution in [0.4, 0.5) is 8.78 Å². The number of carbonyl (C=O) groups excluding carboxylic acids is 1. The lowest BCUT2D eigenvalue weighted by Gasteiger charge is -2.28. The van der Waals surface area contributed by atoms with Crippen LogP contribution in [0.1, 0.15) is 15.9 Å². The van der Waals surface area contributed by atoms with Crippen molar-refractivity contribution in [2.24, 2.45) is 0 Å². The standard InChI is InChI=1S/C17H17F2NO3/c1-23-11-17(22,12-6-3-2-4-7-12)10-20-16(21)15-13(18)8-5-9-14(15)19/h2-9,22H,10-11H2,1H3,(H,20,21). The predicted molar refractivity (Wildman–Crippen MR) is 80.9 cm³/mol. The van der Waals surface area contributed by atoms with Crippen molar-refractivity contribution in [3.8, 4) is 0 Å². The molecule has 2 aromatic carbocycles. The molecule has 1 atom stereocenters. The Labute approximate surface area is 132 Å². The third-order valence-corrected chi connectivity index (χ3v) is 3.43. The van der Waals surface area contributed by atoms with E-state index >= 15 is 0 Å². The van der Waals surface area contributed by atoms with Gasteiger partial charge in [0.1, 0.15) is 22.8 Å². The molecule has 0 aliphatic heterocycles. The minimum atomic E-state index is -1.51. The fourth-order valence-corrected chi connectivity index (χ4v) is 2.25. The summed E-state index contributed by atoms with van der Waals surface area (Å²) in [5, 5.41) is 13.0. The lowest BCUT2D eigenvalue weighted by molar-refractivity contribution is -0.0335. The third-order valence-electron chi connectivity index (χ3n) is 3.43. The van der Waals surface area contributed by atoms with Gasteiger partial charge >= 0.3 is 0 Å². The van der Waals surface area contributed by atoms with Crippen LogP contribution >= 0.6 is 0 Å². The van der Waals surface area contributed by atoms with Crippen LogP contribution in [0.15, 0.2) is 48.5 Å².